The molecular weight excluding hydrogens is 365 g/mol. The lowest BCUT2D eigenvalue weighted by atomic mass is 10.0. The van der Waals surface area contributed by atoms with Crippen molar-refractivity contribution in [3.63, 3.8) is 0 Å². The van der Waals surface area contributed by atoms with Crippen LogP contribution < -0.4 is 5.73 Å². The fourth-order valence-electron chi connectivity index (χ4n) is 3.78. The molecule has 1 aliphatic heterocycles. The Bertz CT molecular complexity index is 864. The van der Waals surface area contributed by atoms with Crippen molar-refractivity contribution in [2.45, 2.75) is 51.2 Å². The van der Waals surface area contributed by atoms with Crippen molar-refractivity contribution < 1.29 is 14.9 Å². The highest BCUT2D eigenvalue weighted by atomic mass is 31.2. The van der Waals surface area contributed by atoms with Crippen LogP contribution in [0.5, 0.6) is 0 Å². The van der Waals surface area contributed by atoms with E-state index in [1.165, 1.54) is 6.33 Å². The predicted octanol–water partition coefficient (Wildman–Crippen LogP) is 1.33. The molecule has 150 valence electrons. The number of anilines is 1. The lowest BCUT2D eigenvalue weighted by molar-refractivity contribution is -0.0487. The van der Waals surface area contributed by atoms with Gasteiger partial charge in [0.2, 0.25) is 0 Å². The molecule has 1 saturated heterocycles. The molecule has 3 heterocycles. The average Bonchev–Trinajstić information content (AvgIpc) is 3.09. The minimum Gasteiger partial charge on any atom is -0.388 e. The number of fused-ring (bicyclic) bond motifs is 1. The maximum Gasteiger partial charge on any atom is 0.167 e. The molecule has 5 atom stereocenters. The van der Waals surface area contributed by atoms with E-state index in [1.54, 1.807) is 4.57 Å². The largest absolute Gasteiger partial charge is 0.388 e. The molecule has 1 aliphatic rings. The van der Waals surface area contributed by atoms with Gasteiger partial charge in [-0.2, -0.15) is 0 Å². The van der Waals surface area contributed by atoms with Gasteiger partial charge in [0.05, 0.1) is 12.4 Å². The van der Waals surface area contributed by atoms with Crippen molar-refractivity contribution in [2.75, 3.05) is 25.2 Å². The number of aryl methyl sites for hydroxylation is 1. The summed E-state index contributed by atoms with van der Waals surface area (Å²) in [7, 11) is 0. The summed E-state index contributed by atoms with van der Waals surface area (Å²) in [5.41, 5.74) is 7.01. The van der Waals surface area contributed by atoms with Gasteiger partial charge in [-0.25, -0.2) is 15.0 Å². The molecule has 0 saturated carbocycles. The summed E-state index contributed by atoms with van der Waals surface area (Å²) in [5, 5.41) is 21.2. The van der Waals surface area contributed by atoms with Crippen molar-refractivity contribution in [1.82, 2.24) is 19.5 Å². The zero-order valence-corrected chi connectivity index (χ0v) is 17.3. The van der Waals surface area contributed by atoms with Gasteiger partial charge in [-0.05, 0) is 31.8 Å². The molecule has 2 aromatic rings. The molecule has 3 rings (SSSR count). The van der Waals surface area contributed by atoms with Crippen LogP contribution in [0.15, 0.2) is 6.33 Å². The third-order valence-electron chi connectivity index (χ3n) is 4.86. The molecule has 27 heavy (non-hydrogen) atoms. The van der Waals surface area contributed by atoms with Crippen LogP contribution >= 0.6 is 6.89 Å². The highest BCUT2D eigenvalue weighted by Crippen LogP contribution is 2.42. The van der Waals surface area contributed by atoms with Crippen LogP contribution in [0.2, 0.25) is 0 Å². The van der Waals surface area contributed by atoms with E-state index < -0.39 is 31.4 Å². The fraction of sp³-hybridized carbons (Fsp3) is 0.667. The van der Waals surface area contributed by atoms with E-state index >= 15 is 0 Å². The van der Waals surface area contributed by atoms with E-state index in [4.69, 9.17) is 10.5 Å². The summed E-state index contributed by atoms with van der Waals surface area (Å²) in [6.45, 7) is 7.08. The standard InChI is InChI=1S/C18H30N5O3P/c1-6-7-11-21-16(19)12-17(22-11)23(9-20-12)18-14(25)13(24)15(26-18)10(2)8-27(3,4)5/h9-10,13-15,18,24-25H,3,6-8H2,1-2,4-5H3,(H2,19,21,22)/t10?,13-,14+,15+,18+/m0/s1. The van der Waals surface area contributed by atoms with Gasteiger partial charge in [-0.3, -0.25) is 4.57 Å². The molecule has 0 bridgehead atoms. The van der Waals surface area contributed by atoms with Crippen LogP contribution in [0, 0.1) is 5.92 Å². The lowest BCUT2D eigenvalue weighted by Gasteiger charge is -2.26. The molecule has 4 N–H and O–H groups in total. The van der Waals surface area contributed by atoms with Crippen LogP contribution in [0.25, 0.3) is 11.2 Å². The third-order valence-corrected chi connectivity index (χ3v) is 6.43. The topological polar surface area (TPSA) is 119 Å². The molecule has 9 heteroatoms. The van der Waals surface area contributed by atoms with Crippen LogP contribution in [0.1, 0.15) is 32.3 Å². The number of aliphatic hydroxyl groups excluding tert-OH is 2. The average molecular weight is 395 g/mol. The van der Waals surface area contributed by atoms with E-state index in [-0.39, 0.29) is 5.92 Å². The number of nitrogens with zero attached hydrogens (tertiary/aromatic N) is 4. The summed E-state index contributed by atoms with van der Waals surface area (Å²) >= 11 is 0. The fourth-order valence-corrected chi connectivity index (χ4v) is 5.54. The zero-order chi connectivity index (χ0) is 19.9. The summed E-state index contributed by atoms with van der Waals surface area (Å²) in [4.78, 5) is 13.1. The molecule has 0 aliphatic carbocycles. The second kappa shape index (κ2) is 7.51. The molecule has 2 aromatic heterocycles. The Morgan fingerprint density at radius 3 is 2.67 bits per heavy atom. The van der Waals surface area contributed by atoms with Gasteiger partial charge in [0.15, 0.2) is 17.7 Å². The highest BCUT2D eigenvalue weighted by Gasteiger charge is 2.46. The molecule has 0 amide bonds. The molecule has 0 spiro atoms. The summed E-state index contributed by atoms with van der Waals surface area (Å²) in [5.74, 6) is 1.01. The molecule has 0 aromatic carbocycles. The smallest absolute Gasteiger partial charge is 0.167 e. The Morgan fingerprint density at radius 2 is 2.04 bits per heavy atom. The number of rotatable bonds is 6. The van der Waals surface area contributed by atoms with Crippen LogP contribution in [0.3, 0.4) is 0 Å². The lowest BCUT2D eigenvalue weighted by Crippen LogP contribution is -2.36. The van der Waals surface area contributed by atoms with Gasteiger partial charge in [0, 0.05) is 6.42 Å². The normalized spacial score (nSPS) is 27.3. The van der Waals surface area contributed by atoms with Crippen LogP contribution in [-0.2, 0) is 11.2 Å². The minimum atomic E-state index is -1.29. The summed E-state index contributed by atoms with van der Waals surface area (Å²) in [6, 6.07) is 0. The van der Waals surface area contributed by atoms with E-state index in [0.29, 0.717) is 29.2 Å². The number of imidazole rings is 1. The first-order valence-electron chi connectivity index (χ1n) is 9.30. The van der Waals surface area contributed by atoms with E-state index in [0.717, 1.165) is 12.6 Å². The first-order chi connectivity index (χ1) is 12.6. The highest BCUT2D eigenvalue weighted by molar-refractivity contribution is 7.72. The minimum absolute atomic E-state index is 0.0746. The molecule has 0 radical (unpaired) electrons. The number of hydrogen-bond donors (Lipinski definition) is 3. The molecule has 8 nitrogen and oxygen atoms in total. The predicted molar refractivity (Wildman–Crippen MR) is 110 cm³/mol. The summed E-state index contributed by atoms with van der Waals surface area (Å²) < 4.78 is 7.75. The maximum atomic E-state index is 10.6. The number of nitrogens with two attached hydrogens (primary N) is 1. The van der Waals surface area contributed by atoms with Crippen molar-refractivity contribution in [1.29, 1.82) is 0 Å². The van der Waals surface area contributed by atoms with Gasteiger partial charge < -0.3 is 20.7 Å². The Kier molecular flexibility index (Phi) is 5.64. The second-order valence-corrected chi connectivity index (χ2v) is 12.4. The van der Waals surface area contributed by atoms with Gasteiger partial charge in [0.25, 0.3) is 0 Å². The van der Waals surface area contributed by atoms with E-state index in [2.05, 4.69) is 34.6 Å². The quantitative estimate of drug-likeness (QED) is 0.631. The Balaban J connectivity index is 1.93. The zero-order valence-electron chi connectivity index (χ0n) is 16.4. The number of aromatic nitrogens is 4. The van der Waals surface area contributed by atoms with Crippen LogP contribution in [-0.4, -0.2) is 73.8 Å². The van der Waals surface area contributed by atoms with Gasteiger partial charge >= 0.3 is 0 Å². The third kappa shape index (κ3) is 4.04. The number of ether oxygens (including phenoxy) is 1. The first-order valence-corrected chi connectivity index (χ1v) is 12.4. The maximum absolute atomic E-state index is 10.6. The van der Waals surface area contributed by atoms with Crippen LogP contribution in [0.4, 0.5) is 5.82 Å². The van der Waals surface area contributed by atoms with Gasteiger partial charge in [0.1, 0.15) is 23.5 Å². The Hall–Kier alpha value is -1.47. The van der Waals surface area contributed by atoms with Gasteiger partial charge in [-0.15, -0.1) is 13.2 Å². The summed E-state index contributed by atoms with van der Waals surface area (Å²) in [6.07, 6.45) is 4.93. The van der Waals surface area contributed by atoms with Gasteiger partial charge in [-0.1, -0.05) is 13.8 Å². The van der Waals surface area contributed by atoms with Crippen molar-refractivity contribution in [3.05, 3.63) is 12.2 Å². The molecular formula is C18H30N5O3P. The van der Waals surface area contributed by atoms with Crippen molar-refractivity contribution in [2.24, 2.45) is 5.92 Å². The van der Waals surface area contributed by atoms with Crippen molar-refractivity contribution in [3.8, 4) is 0 Å². The molecule has 1 unspecified atom stereocenters. The number of aliphatic hydroxyl groups is 2. The second-order valence-electron chi connectivity index (χ2n) is 8.17. The first kappa shape index (κ1) is 20.3. The van der Waals surface area contributed by atoms with E-state index in [9.17, 15) is 10.2 Å². The Morgan fingerprint density at radius 1 is 1.33 bits per heavy atom. The monoisotopic (exact) mass is 395 g/mol. The number of nitrogen functional groups attached to an aromatic ring is 1. The SMILES string of the molecule is C=P(C)(C)CC(C)[C@H]1O[C@@H](n2cnc3c(N)nc(CCC)nc32)[C@H](O)[C@@H]1O. The van der Waals surface area contributed by atoms with Crippen molar-refractivity contribution >= 4 is 30.2 Å². The Labute approximate surface area is 159 Å². The van der Waals surface area contributed by atoms with E-state index in [1.807, 2.05) is 13.8 Å². The molecule has 1 fully saturated rings. The number of hydrogen-bond acceptors (Lipinski definition) is 7.